The van der Waals surface area contributed by atoms with Gasteiger partial charge in [-0.25, -0.2) is 14.8 Å². The molecule has 0 spiro atoms. The van der Waals surface area contributed by atoms with Crippen molar-refractivity contribution < 1.29 is 9.90 Å². The van der Waals surface area contributed by atoms with Crippen LogP contribution in [0.4, 0.5) is 0 Å². The van der Waals surface area contributed by atoms with Crippen molar-refractivity contribution in [2.75, 3.05) is 0 Å². The molecule has 0 radical (unpaired) electrons. The summed E-state index contributed by atoms with van der Waals surface area (Å²) < 4.78 is 0. The molecule has 3 fully saturated rings. The summed E-state index contributed by atoms with van der Waals surface area (Å²) in [6, 6.07) is 0. The number of fused-ring (bicyclic) bond motifs is 3. The molecule has 1 aromatic heterocycles. The van der Waals surface area contributed by atoms with E-state index in [1.165, 1.54) is 19.3 Å². The molecule has 1 aromatic rings. The van der Waals surface area contributed by atoms with Gasteiger partial charge in [-0.2, -0.15) is 0 Å². The number of hydrogen-bond acceptors (Lipinski definition) is 3. The third-order valence-corrected chi connectivity index (χ3v) is 4.76. The number of aryl methyl sites for hydroxylation is 1. The lowest BCUT2D eigenvalue weighted by molar-refractivity contribution is 0.0681. The monoisotopic (exact) mass is 246 g/mol. The topological polar surface area (TPSA) is 63.1 Å². The fourth-order valence-electron chi connectivity index (χ4n) is 3.69. The van der Waals surface area contributed by atoms with Crippen LogP contribution in [0.1, 0.15) is 60.4 Å². The van der Waals surface area contributed by atoms with E-state index in [2.05, 4.69) is 9.97 Å². The Labute approximate surface area is 106 Å². The Bertz CT molecular complexity index is 477. The van der Waals surface area contributed by atoms with Gasteiger partial charge in [0, 0.05) is 11.6 Å². The van der Waals surface area contributed by atoms with E-state index in [1.54, 1.807) is 6.20 Å². The second kappa shape index (κ2) is 4.04. The van der Waals surface area contributed by atoms with E-state index in [4.69, 9.17) is 5.11 Å². The van der Waals surface area contributed by atoms with Crippen LogP contribution in [-0.2, 0) is 5.41 Å². The number of nitrogens with zero attached hydrogens (tertiary/aromatic N) is 2. The summed E-state index contributed by atoms with van der Waals surface area (Å²) in [6.07, 6.45) is 8.96. The summed E-state index contributed by atoms with van der Waals surface area (Å²) in [6.45, 7) is 2.00. The standard InChI is InChI=1S/C14H18N2O2/c1-9-8-15-12(13(17)18)16-11(9)14-5-2-10(3-6-14)4-7-14/h8,10H,2-7H2,1H3,(H,17,18). The maximum Gasteiger partial charge on any atom is 0.373 e. The number of carboxylic acids is 1. The number of rotatable bonds is 2. The fourth-order valence-corrected chi connectivity index (χ4v) is 3.69. The van der Waals surface area contributed by atoms with Gasteiger partial charge in [0.25, 0.3) is 0 Å². The third-order valence-electron chi connectivity index (χ3n) is 4.76. The molecule has 0 saturated heterocycles. The molecule has 3 aliphatic carbocycles. The first-order chi connectivity index (χ1) is 8.61. The Morgan fingerprint density at radius 1 is 1.33 bits per heavy atom. The van der Waals surface area contributed by atoms with Crippen LogP contribution in [0.5, 0.6) is 0 Å². The lowest BCUT2D eigenvalue weighted by Crippen LogP contribution is -2.39. The van der Waals surface area contributed by atoms with Gasteiger partial charge in [0.15, 0.2) is 0 Å². The average molecular weight is 246 g/mol. The van der Waals surface area contributed by atoms with E-state index in [0.717, 1.165) is 36.4 Å². The second-order valence-corrected chi connectivity index (χ2v) is 5.79. The maximum absolute atomic E-state index is 11.0. The normalized spacial score (nSPS) is 30.4. The maximum atomic E-state index is 11.0. The highest BCUT2D eigenvalue weighted by Crippen LogP contribution is 2.51. The number of aromatic nitrogens is 2. The molecule has 1 N–H and O–H groups in total. The lowest BCUT2D eigenvalue weighted by Gasteiger charge is -2.46. The van der Waals surface area contributed by atoms with Crippen molar-refractivity contribution in [1.82, 2.24) is 9.97 Å². The molecule has 3 saturated carbocycles. The van der Waals surface area contributed by atoms with Crippen LogP contribution in [0.3, 0.4) is 0 Å². The zero-order valence-electron chi connectivity index (χ0n) is 10.6. The number of carbonyl (C=O) groups is 1. The Kier molecular flexibility index (Phi) is 2.61. The highest BCUT2D eigenvalue weighted by Gasteiger charge is 2.43. The molecule has 4 nitrogen and oxygen atoms in total. The summed E-state index contributed by atoms with van der Waals surface area (Å²) in [7, 11) is 0. The van der Waals surface area contributed by atoms with Crippen LogP contribution in [0.25, 0.3) is 0 Å². The molecule has 96 valence electrons. The van der Waals surface area contributed by atoms with Crippen molar-refractivity contribution in [2.45, 2.75) is 50.9 Å². The van der Waals surface area contributed by atoms with Crippen molar-refractivity contribution in [3.05, 3.63) is 23.3 Å². The van der Waals surface area contributed by atoms with Crippen LogP contribution in [0, 0.1) is 12.8 Å². The molecule has 0 aromatic carbocycles. The van der Waals surface area contributed by atoms with Gasteiger partial charge >= 0.3 is 5.97 Å². The highest BCUT2D eigenvalue weighted by atomic mass is 16.4. The lowest BCUT2D eigenvalue weighted by atomic mass is 9.59. The van der Waals surface area contributed by atoms with E-state index in [1.807, 2.05) is 6.92 Å². The van der Waals surface area contributed by atoms with Crippen molar-refractivity contribution in [3.8, 4) is 0 Å². The van der Waals surface area contributed by atoms with E-state index >= 15 is 0 Å². The second-order valence-electron chi connectivity index (χ2n) is 5.79. The van der Waals surface area contributed by atoms with Gasteiger partial charge in [0.05, 0.1) is 5.69 Å². The number of hydrogen-bond donors (Lipinski definition) is 1. The van der Waals surface area contributed by atoms with Crippen LogP contribution in [-0.4, -0.2) is 21.0 Å². The van der Waals surface area contributed by atoms with Crippen LogP contribution >= 0.6 is 0 Å². The van der Waals surface area contributed by atoms with Crippen molar-refractivity contribution in [2.24, 2.45) is 5.92 Å². The summed E-state index contributed by atoms with van der Waals surface area (Å²) >= 11 is 0. The van der Waals surface area contributed by atoms with E-state index < -0.39 is 5.97 Å². The molecule has 0 aliphatic heterocycles. The first-order valence-electron chi connectivity index (χ1n) is 6.68. The molecule has 4 heteroatoms. The van der Waals surface area contributed by atoms with Gasteiger partial charge in [-0.15, -0.1) is 0 Å². The van der Waals surface area contributed by atoms with Gasteiger partial charge in [0.1, 0.15) is 0 Å². The van der Waals surface area contributed by atoms with Crippen LogP contribution in [0.15, 0.2) is 6.20 Å². The summed E-state index contributed by atoms with van der Waals surface area (Å²) in [4.78, 5) is 19.3. The fraction of sp³-hybridized carbons (Fsp3) is 0.643. The largest absolute Gasteiger partial charge is 0.475 e. The van der Waals surface area contributed by atoms with Crippen molar-refractivity contribution in [3.63, 3.8) is 0 Å². The van der Waals surface area contributed by atoms with Crippen LogP contribution < -0.4 is 0 Å². The average Bonchev–Trinajstić information content (AvgIpc) is 2.41. The Morgan fingerprint density at radius 3 is 2.50 bits per heavy atom. The molecule has 0 unspecified atom stereocenters. The molecular weight excluding hydrogens is 228 g/mol. The first-order valence-corrected chi connectivity index (χ1v) is 6.68. The minimum absolute atomic E-state index is 0.0577. The molecular formula is C14H18N2O2. The number of carboxylic acid groups (broad SMARTS) is 1. The molecule has 2 bridgehead atoms. The Balaban J connectivity index is 2.04. The Hall–Kier alpha value is -1.45. The van der Waals surface area contributed by atoms with Crippen molar-refractivity contribution >= 4 is 5.97 Å². The predicted octanol–water partition coefficient (Wildman–Crippen LogP) is 2.71. The van der Waals surface area contributed by atoms with Gasteiger partial charge in [-0.3, -0.25) is 0 Å². The summed E-state index contributed by atoms with van der Waals surface area (Å²) in [5.74, 6) is -0.192. The SMILES string of the molecule is Cc1cnc(C(=O)O)nc1C12CCC(CC1)CC2. The molecule has 1 heterocycles. The predicted molar refractivity (Wildman–Crippen MR) is 66.6 cm³/mol. The molecule has 0 atom stereocenters. The summed E-state index contributed by atoms with van der Waals surface area (Å²) in [5, 5.41) is 9.04. The summed E-state index contributed by atoms with van der Waals surface area (Å²) in [5.41, 5.74) is 2.17. The third kappa shape index (κ3) is 1.71. The quantitative estimate of drug-likeness (QED) is 0.871. The van der Waals surface area contributed by atoms with E-state index in [0.29, 0.717) is 0 Å². The molecule has 3 aliphatic rings. The van der Waals surface area contributed by atoms with E-state index in [9.17, 15) is 4.79 Å². The van der Waals surface area contributed by atoms with Gasteiger partial charge in [0.2, 0.25) is 5.82 Å². The van der Waals surface area contributed by atoms with Crippen molar-refractivity contribution in [1.29, 1.82) is 0 Å². The van der Waals surface area contributed by atoms with Gasteiger partial charge < -0.3 is 5.11 Å². The smallest absolute Gasteiger partial charge is 0.373 e. The molecule has 0 amide bonds. The van der Waals surface area contributed by atoms with Gasteiger partial charge in [-0.1, -0.05) is 0 Å². The van der Waals surface area contributed by atoms with Gasteiger partial charge in [-0.05, 0) is 56.9 Å². The number of aromatic carboxylic acids is 1. The highest BCUT2D eigenvalue weighted by molar-refractivity contribution is 5.83. The zero-order valence-corrected chi connectivity index (χ0v) is 10.6. The zero-order chi connectivity index (χ0) is 12.8. The molecule has 4 rings (SSSR count). The Morgan fingerprint density at radius 2 is 1.94 bits per heavy atom. The minimum atomic E-state index is -1.03. The van der Waals surface area contributed by atoms with Crippen LogP contribution in [0.2, 0.25) is 0 Å². The first kappa shape index (κ1) is 11.6. The minimum Gasteiger partial charge on any atom is -0.475 e. The van der Waals surface area contributed by atoms with E-state index in [-0.39, 0.29) is 11.2 Å². The molecule has 18 heavy (non-hydrogen) atoms.